The van der Waals surface area contributed by atoms with E-state index in [1.165, 1.54) is 5.56 Å². The highest BCUT2D eigenvalue weighted by Gasteiger charge is 2.12. The molecule has 0 aliphatic carbocycles. The number of aliphatic imine (C=N–C) groups is 1. The SMILES string of the molecule is C=CCOc1ccccc1CNC(=NC)NCc1c(C)nn(CCOC)c1C. The van der Waals surface area contributed by atoms with Gasteiger partial charge >= 0.3 is 0 Å². The average Bonchev–Trinajstić information content (AvgIpc) is 2.98. The smallest absolute Gasteiger partial charge is 0.191 e. The van der Waals surface area contributed by atoms with Crippen LogP contribution in [0, 0.1) is 13.8 Å². The predicted molar refractivity (Wildman–Crippen MR) is 113 cm³/mol. The van der Waals surface area contributed by atoms with E-state index in [9.17, 15) is 0 Å². The largest absolute Gasteiger partial charge is 0.489 e. The van der Waals surface area contributed by atoms with Crippen LogP contribution in [0.3, 0.4) is 0 Å². The quantitative estimate of drug-likeness (QED) is 0.374. The van der Waals surface area contributed by atoms with E-state index in [0.29, 0.717) is 26.3 Å². The van der Waals surface area contributed by atoms with Gasteiger partial charge < -0.3 is 20.1 Å². The Hall–Kier alpha value is -2.80. The Morgan fingerprint density at radius 1 is 1.25 bits per heavy atom. The van der Waals surface area contributed by atoms with E-state index in [-0.39, 0.29) is 0 Å². The number of hydrogen-bond acceptors (Lipinski definition) is 4. The van der Waals surface area contributed by atoms with E-state index in [2.05, 4.69) is 34.2 Å². The summed E-state index contributed by atoms with van der Waals surface area (Å²) >= 11 is 0. The van der Waals surface area contributed by atoms with E-state index in [0.717, 1.165) is 35.2 Å². The second-order valence-corrected chi connectivity index (χ2v) is 6.35. The molecular formula is C21H31N5O2. The van der Waals surface area contributed by atoms with E-state index in [1.54, 1.807) is 20.2 Å². The fraction of sp³-hybridized carbons (Fsp3) is 0.429. The standard InChI is InChI=1S/C21H31N5O2/c1-6-12-28-20-10-8-7-9-18(20)14-23-21(22-4)24-15-19-16(2)25-26(17(19)3)11-13-27-5/h6-10H,1,11-15H2,2-5H3,(H2,22,23,24). The van der Waals surface area contributed by atoms with Crippen molar-refractivity contribution in [1.82, 2.24) is 20.4 Å². The van der Waals surface area contributed by atoms with E-state index < -0.39 is 0 Å². The molecule has 0 atom stereocenters. The maximum atomic E-state index is 5.71. The summed E-state index contributed by atoms with van der Waals surface area (Å²) in [6.07, 6.45) is 1.74. The number of aromatic nitrogens is 2. The van der Waals surface area contributed by atoms with Gasteiger partial charge in [0.25, 0.3) is 0 Å². The summed E-state index contributed by atoms with van der Waals surface area (Å²) in [5.41, 5.74) is 4.39. The van der Waals surface area contributed by atoms with Gasteiger partial charge in [0.05, 0.1) is 18.8 Å². The summed E-state index contributed by atoms with van der Waals surface area (Å²) < 4.78 is 12.8. The predicted octanol–water partition coefficient (Wildman–Crippen LogP) is 2.58. The maximum Gasteiger partial charge on any atom is 0.191 e. The number of guanidine groups is 1. The van der Waals surface area contributed by atoms with Gasteiger partial charge in [0, 0.05) is 44.1 Å². The molecule has 28 heavy (non-hydrogen) atoms. The molecule has 1 aromatic heterocycles. The van der Waals surface area contributed by atoms with Crippen LogP contribution >= 0.6 is 0 Å². The lowest BCUT2D eigenvalue weighted by molar-refractivity contribution is 0.182. The molecule has 7 nitrogen and oxygen atoms in total. The molecule has 7 heteroatoms. The van der Waals surface area contributed by atoms with Gasteiger partial charge in [-0.1, -0.05) is 30.9 Å². The summed E-state index contributed by atoms with van der Waals surface area (Å²) in [5, 5.41) is 11.3. The van der Waals surface area contributed by atoms with Crippen LogP contribution < -0.4 is 15.4 Å². The molecule has 0 radical (unpaired) electrons. The van der Waals surface area contributed by atoms with Crippen molar-refractivity contribution < 1.29 is 9.47 Å². The highest BCUT2D eigenvalue weighted by molar-refractivity contribution is 5.79. The van der Waals surface area contributed by atoms with Crippen molar-refractivity contribution in [1.29, 1.82) is 0 Å². The third kappa shape index (κ3) is 5.85. The number of hydrogen-bond donors (Lipinski definition) is 2. The molecule has 0 aliphatic heterocycles. The van der Waals surface area contributed by atoms with Crippen molar-refractivity contribution in [2.24, 2.45) is 4.99 Å². The Labute approximate surface area is 167 Å². The normalized spacial score (nSPS) is 11.4. The monoisotopic (exact) mass is 385 g/mol. The Bertz CT molecular complexity index is 798. The van der Waals surface area contributed by atoms with Crippen LogP contribution in [0.4, 0.5) is 0 Å². The van der Waals surface area contributed by atoms with Crippen molar-refractivity contribution in [3.8, 4) is 5.75 Å². The molecule has 0 bridgehead atoms. The van der Waals surface area contributed by atoms with E-state index >= 15 is 0 Å². The molecule has 2 aromatic rings. The first-order valence-electron chi connectivity index (χ1n) is 9.38. The lowest BCUT2D eigenvalue weighted by Crippen LogP contribution is -2.36. The molecule has 2 N–H and O–H groups in total. The third-order valence-corrected chi connectivity index (χ3v) is 4.47. The van der Waals surface area contributed by atoms with Crippen LogP contribution in [0.25, 0.3) is 0 Å². The van der Waals surface area contributed by atoms with Crippen molar-refractivity contribution in [2.75, 3.05) is 27.4 Å². The molecule has 1 aromatic carbocycles. The summed E-state index contributed by atoms with van der Waals surface area (Å²) in [7, 11) is 3.46. The Balaban J connectivity index is 1.96. The van der Waals surface area contributed by atoms with Gasteiger partial charge in [0.15, 0.2) is 5.96 Å². The number of nitrogens with one attached hydrogen (secondary N) is 2. The summed E-state index contributed by atoms with van der Waals surface area (Å²) in [6.45, 7) is 10.9. The van der Waals surface area contributed by atoms with E-state index in [1.807, 2.05) is 35.9 Å². The Morgan fingerprint density at radius 3 is 2.71 bits per heavy atom. The van der Waals surface area contributed by atoms with Crippen LogP contribution in [0.1, 0.15) is 22.5 Å². The molecule has 0 amide bonds. The van der Waals surface area contributed by atoms with Crippen molar-refractivity contribution in [3.05, 3.63) is 59.4 Å². The minimum atomic E-state index is 0.482. The number of nitrogens with zero attached hydrogens (tertiary/aromatic N) is 3. The van der Waals surface area contributed by atoms with Crippen molar-refractivity contribution in [3.63, 3.8) is 0 Å². The summed E-state index contributed by atoms with van der Waals surface area (Å²) in [4.78, 5) is 4.32. The van der Waals surface area contributed by atoms with Gasteiger partial charge in [-0.2, -0.15) is 5.10 Å². The van der Waals surface area contributed by atoms with Crippen LogP contribution in [-0.2, 0) is 24.4 Å². The topological polar surface area (TPSA) is 72.7 Å². The molecule has 0 unspecified atom stereocenters. The third-order valence-electron chi connectivity index (χ3n) is 4.47. The fourth-order valence-corrected chi connectivity index (χ4v) is 2.90. The minimum Gasteiger partial charge on any atom is -0.489 e. The van der Waals surface area contributed by atoms with Crippen LogP contribution in [0.5, 0.6) is 5.75 Å². The second kappa shape index (κ2) is 11.1. The Morgan fingerprint density at radius 2 is 2.00 bits per heavy atom. The molecule has 0 fully saturated rings. The lowest BCUT2D eigenvalue weighted by atomic mass is 10.2. The number of ether oxygens (including phenoxy) is 2. The number of aryl methyl sites for hydroxylation is 1. The van der Waals surface area contributed by atoms with Crippen LogP contribution in [0.2, 0.25) is 0 Å². The average molecular weight is 386 g/mol. The number of methoxy groups -OCH3 is 1. The molecule has 0 saturated carbocycles. The first-order chi connectivity index (χ1) is 13.6. The highest BCUT2D eigenvalue weighted by Crippen LogP contribution is 2.17. The first kappa shape index (κ1) is 21.5. The zero-order chi connectivity index (χ0) is 20.4. The molecule has 0 aliphatic rings. The van der Waals surface area contributed by atoms with Gasteiger partial charge in [0.1, 0.15) is 12.4 Å². The Kier molecular flexibility index (Phi) is 8.55. The molecule has 0 spiro atoms. The zero-order valence-electron chi connectivity index (χ0n) is 17.3. The fourth-order valence-electron chi connectivity index (χ4n) is 2.90. The summed E-state index contributed by atoms with van der Waals surface area (Å²) in [5.74, 6) is 1.57. The number of benzene rings is 1. The molecule has 1 heterocycles. The minimum absolute atomic E-state index is 0.482. The zero-order valence-corrected chi connectivity index (χ0v) is 17.3. The molecule has 152 valence electrons. The molecule has 0 saturated heterocycles. The van der Waals surface area contributed by atoms with Gasteiger partial charge in [-0.3, -0.25) is 9.67 Å². The first-order valence-corrected chi connectivity index (χ1v) is 9.38. The number of para-hydroxylation sites is 1. The highest BCUT2D eigenvalue weighted by atomic mass is 16.5. The summed E-state index contributed by atoms with van der Waals surface area (Å²) in [6, 6.07) is 7.95. The molecule has 2 rings (SSSR count). The number of rotatable bonds is 10. The molecular weight excluding hydrogens is 354 g/mol. The van der Waals surface area contributed by atoms with Crippen molar-refractivity contribution in [2.45, 2.75) is 33.5 Å². The van der Waals surface area contributed by atoms with Crippen LogP contribution in [-0.4, -0.2) is 43.1 Å². The van der Waals surface area contributed by atoms with Gasteiger partial charge in [-0.15, -0.1) is 0 Å². The van der Waals surface area contributed by atoms with Crippen molar-refractivity contribution >= 4 is 5.96 Å². The van der Waals surface area contributed by atoms with E-state index in [4.69, 9.17) is 9.47 Å². The van der Waals surface area contributed by atoms with Gasteiger partial charge in [-0.05, 0) is 19.9 Å². The van der Waals surface area contributed by atoms with Crippen LogP contribution in [0.15, 0.2) is 41.9 Å². The lowest BCUT2D eigenvalue weighted by Gasteiger charge is -2.14. The van der Waals surface area contributed by atoms with Gasteiger partial charge in [0.2, 0.25) is 0 Å². The van der Waals surface area contributed by atoms with Gasteiger partial charge in [-0.25, -0.2) is 0 Å². The maximum absolute atomic E-state index is 5.71. The second-order valence-electron chi connectivity index (χ2n) is 6.35.